The van der Waals surface area contributed by atoms with Crippen molar-refractivity contribution in [3.8, 4) is 0 Å². The number of hydrogen-bond donors (Lipinski definition) is 0. The smallest absolute Gasteiger partial charge is 0.338 e. The first-order valence-corrected chi connectivity index (χ1v) is 10.7. The van der Waals surface area contributed by atoms with Crippen LogP contribution in [0, 0.1) is 0 Å². The molecule has 0 atom stereocenters. The Morgan fingerprint density at radius 2 is 1.83 bits per heavy atom. The van der Waals surface area contributed by atoms with E-state index < -0.39 is 28.5 Å². The second-order valence-electron chi connectivity index (χ2n) is 6.11. The summed E-state index contributed by atoms with van der Waals surface area (Å²) in [7, 11) is -3.89. The molecule has 1 amide bonds. The van der Waals surface area contributed by atoms with Crippen molar-refractivity contribution < 1.29 is 27.5 Å². The summed E-state index contributed by atoms with van der Waals surface area (Å²) in [6, 6.07) is 3.82. The Balaban J connectivity index is 2.13. The Bertz CT molecular complexity index is 871. The first kappa shape index (κ1) is 23.1. The number of sulfonamides is 1. The highest BCUT2D eigenvalue weighted by Gasteiger charge is 2.29. The Morgan fingerprint density at radius 3 is 2.41 bits per heavy atom. The average molecular weight is 443 g/mol. The van der Waals surface area contributed by atoms with Gasteiger partial charge in [0.1, 0.15) is 4.90 Å². The number of rotatable bonds is 9. The van der Waals surface area contributed by atoms with Gasteiger partial charge in [0.2, 0.25) is 10.0 Å². The molecule has 0 unspecified atom stereocenters. The number of morpholine rings is 1. The van der Waals surface area contributed by atoms with Gasteiger partial charge in [-0.25, -0.2) is 13.2 Å². The molecule has 1 saturated heterocycles. The van der Waals surface area contributed by atoms with Gasteiger partial charge in [-0.2, -0.15) is 4.31 Å². The molecular weight excluding hydrogens is 420 g/mol. The van der Waals surface area contributed by atoms with Crippen LogP contribution in [-0.4, -0.2) is 75.5 Å². The van der Waals surface area contributed by atoms with Gasteiger partial charge >= 0.3 is 5.97 Å². The third-order valence-electron chi connectivity index (χ3n) is 4.13. The highest BCUT2D eigenvalue weighted by Crippen LogP contribution is 2.26. The lowest BCUT2D eigenvalue weighted by Crippen LogP contribution is -2.40. The van der Waals surface area contributed by atoms with Gasteiger partial charge in [-0.1, -0.05) is 23.8 Å². The molecule has 0 bridgehead atoms. The number of halogens is 1. The summed E-state index contributed by atoms with van der Waals surface area (Å²) in [5.41, 5.74) is -0.0203. The highest BCUT2D eigenvalue weighted by molar-refractivity contribution is 7.89. The molecule has 1 aliphatic heterocycles. The number of ether oxygens (including phenoxy) is 2. The molecule has 29 heavy (non-hydrogen) atoms. The summed E-state index contributed by atoms with van der Waals surface area (Å²) in [5.74, 6) is -1.25. The maximum atomic E-state index is 12.8. The molecule has 2 rings (SSSR count). The number of nitrogens with zero attached hydrogens (tertiary/aromatic N) is 2. The van der Waals surface area contributed by atoms with Crippen LogP contribution in [0.1, 0.15) is 10.4 Å². The van der Waals surface area contributed by atoms with Crippen molar-refractivity contribution in [2.75, 3.05) is 46.0 Å². The fourth-order valence-corrected chi connectivity index (χ4v) is 4.55. The first-order chi connectivity index (χ1) is 13.8. The summed E-state index contributed by atoms with van der Waals surface area (Å²) in [6.45, 7) is 8.18. The van der Waals surface area contributed by atoms with Gasteiger partial charge in [0, 0.05) is 26.2 Å². The van der Waals surface area contributed by atoms with Crippen LogP contribution in [0.5, 0.6) is 0 Å². The van der Waals surface area contributed by atoms with Crippen LogP contribution < -0.4 is 0 Å². The van der Waals surface area contributed by atoms with Crippen molar-refractivity contribution >= 4 is 33.5 Å². The Morgan fingerprint density at radius 1 is 1.21 bits per heavy atom. The summed E-state index contributed by atoms with van der Waals surface area (Å²) >= 11 is 6.07. The fourth-order valence-electron chi connectivity index (χ4n) is 2.65. The molecule has 8 nitrogen and oxygen atoms in total. The van der Waals surface area contributed by atoms with E-state index >= 15 is 0 Å². The summed E-state index contributed by atoms with van der Waals surface area (Å²) < 4.78 is 37.1. The van der Waals surface area contributed by atoms with Crippen molar-refractivity contribution in [3.05, 3.63) is 54.1 Å². The molecule has 1 heterocycles. The zero-order chi connectivity index (χ0) is 21.4. The van der Waals surface area contributed by atoms with Gasteiger partial charge < -0.3 is 14.4 Å². The van der Waals surface area contributed by atoms with Gasteiger partial charge in [0.15, 0.2) is 6.61 Å². The van der Waals surface area contributed by atoms with Crippen LogP contribution in [0.15, 0.2) is 48.4 Å². The van der Waals surface area contributed by atoms with Gasteiger partial charge in [0.05, 0.1) is 23.8 Å². The number of hydrogen-bond acceptors (Lipinski definition) is 6. The molecule has 0 radical (unpaired) electrons. The van der Waals surface area contributed by atoms with Crippen molar-refractivity contribution in [2.24, 2.45) is 0 Å². The average Bonchev–Trinajstić information content (AvgIpc) is 2.72. The third-order valence-corrected chi connectivity index (χ3v) is 6.51. The molecule has 0 aliphatic carbocycles. The first-order valence-electron chi connectivity index (χ1n) is 8.85. The standard InChI is InChI=1S/C19H23ClN2O6S/c1-3-7-21(8-4-2)18(23)14-28-19(24)15-5-6-16(20)17(13-15)29(25,26)22-9-11-27-12-10-22/h3-6,13H,1-2,7-12,14H2. The van der Waals surface area contributed by atoms with E-state index in [0.29, 0.717) is 0 Å². The van der Waals surface area contributed by atoms with E-state index in [4.69, 9.17) is 21.1 Å². The molecule has 1 aliphatic rings. The van der Waals surface area contributed by atoms with Crippen molar-refractivity contribution in [1.29, 1.82) is 0 Å². The zero-order valence-electron chi connectivity index (χ0n) is 15.9. The Hall–Kier alpha value is -2.20. The molecule has 0 N–H and O–H groups in total. The van der Waals surface area contributed by atoms with E-state index in [9.17, 15) is 18.0 Å². The minimum Gasteiger partial charge on any atom is -0.452 e. The largest absolute Gasteiger partial charge is 0.452 e. The SMILES string of the molecule is C=CCN(CC=C)C(=O)COC(=O)c1ccc(Cl)c(S(=O)(=O)N2CCOCC2)c1. The third kappa shape index (κ3) is 5.89. The topological polar surface area (TPSA) is 93.2 Å². The molecule has 10 heteroatoms. The summed E-state index contributed by atoms with van der Waals surface area (Å²) in [6.07, 6.45) is 3.09. The van der Waals surface area contributed by atoms with E-state index in [1.165, 1.54) is 21.3 Å². The molecule has 0 spiro atoms. The monoisotopic (exact) mass is 442 g/mol. The summed E-state index contributed by atoms with van der Waals surface area (Å²) in [4.78, 5) is 25.7. The number of esters is 1. The van der Waals surface area contributed by atoms with Gasteiger partial charge in [-0.05, 0) is 18.2 Å². The van der Waals surface area contributed by atoms with E-state index in [2.05, 4.69) is 13.2 Å². The predicted octanol–water partition coefficient (Wildman–Crippen LogP) is 1.72. The highest BCUT2D eigenvalue weighted by atomic mass is 35.5. The maximum Gasteiger partial charge on any atom is 0.338 e. The summed E-state index contributed by atoms with van der Waals surface area (Å²) in [5, 5.41) is -0.00717. The number of carbonyl (C=O) groups excluding carboxylic acids is 2. The Kier molecular flexibility index (Phi) is 8.39. The molecule has 1 aromatic rings. The van der Waals surface area contributed by atoms with Crippen LogP contribution >= 0.6 is 11.6 Å². The predicted molar refractivity (Wildman–Crippen MR) is 108 cm³/mol. The van der Waals surface area contributed by atoms with Gasteiger partial charge in [-0.15, -0.1) is 13.2 Å². The zero-order valence-corrected chi connectivity index (χ0v) is 17.5. The van der Waals surface area contributed by atoms with Crippen molar-refractivity contribution in [1.82, 2.24) is 9.21 Å². The fraction of sp³-hybridized carbons (Fsp3) is 0.368. The normalized spacial score (nSPS) is 14.8. The van der Waals surface area contributed by atoms with Crippen LogP contribution in [0.3, 0.4) is 0 Å². The minimum atomic E-state index is -3.89. The second-order valence-corrected chi connectivity index (χ2v) is 8.43. The van der Waals surface area contributed by atoms with Crippen molar-refractivity contribution in [3.63, 3.8) is 0 Å². The van der Waals surface area contributed by atoms with E-state index in [-0.39, 0.29) is 54.9 Å². The lowest BCUT2D eigenvalue weighted by Gasteiger charge is -2.26. The molecule has 1 fully saturated rings. The second kappa shape index (κ2) is 10.5. The number of carbonyl (C=O) groups is 2. The lowest BCUT2D eigenvalue weighted by molar-refractivity contribution is -0.133. The van der Waals surface area contributed by atoms with E-state index in [1.54, 1.807) is 12.2 Å². The van der Waals surface area contributed by atoms with Crippen LogP contribution in [0.4, 0.5) is 0 Å². The van der Waals surface area contributed by atoms with Crippen molar-refractivity contribution in [2.45, 2.75) is 4.90 Å². The number of amides is 1. The molecule has 0 saturated carbocycles. The van der Waals surface area contributed by atoms with Crippen LogP contribution in [0.2, 0.25) is 5.02 Å². The minimum absolute atomic E-state index is 0.00717. The van der Waals surface area contributed by atoms with E-state index in [1.807, 2.05) is 0 Å². The maximum absolute atomic E-state index is 12.8. The van der Waals surface area contributed by atoms with Gasteiger partial charge in [0.25, 0.3) is 5.91 Å². The van der Waals surface area contributed by atoms with Crippen LogP contribution in [0.25, 0.3) is 0 Å². The molecule has 1 aromatic carbocycles. The Labute approximate surface area is 175 Å². The molecular formula is C19H23ClN2O6S. The van der Waals surface area contributed by atoms with E-state index in [0.717, 1.165) is 6.07 Å². The van der Waals surface area contributed by atoms with Crippen LogP contribution in [-0.2, 0) is 24.3 Å². The lowest BCUT2D eigenvalue weighted by atomic mass is 10.2. The number of benzene rings is 1. The molecule has 0 aromatic heterocycles. The van der Waals surface area contributed by atoms with Gasteiger partial charge in [-0.3, -0.25) is 4.79 Å². The molecule has 158 valence electrons. The quantitative estimate of drug-likeness (QED) is 0.427.